The van der Waals surface area contributed by atoms with Gasteiger partial charge in [0.2, 0.25) is 5.91 Å². The van der Waals surface area contributed by atoms with Gasteiger partial charge in [-0.25, -0.2) is 0 Å². The predicted octanol–water partition coefficient (Wildman–Crippen LogP) is 3.80. The monoisotopic (exact) mass is 463 g/mol. The Kier molecular flexibility index (Phi) is 7.75. The molecule has 0 spiro atoms. The number of ether oxygens (including phenoxy) is 1. The summed E-state index contributed by atoms with van der Waals surface area (Å²) in [6.45, 7) is 5.22. The van der Waals surface area contributed by atoms with Gasteiger partial charge >= 0.3 is 0 Å². The van der Waals surface area contributed by atoms with Gasteiger partial charge in [0.25, 0.3) is 5.91 Å². The van der Waals surface area contributed by atoms with Crippen LogP contribution in [0.1, 0.15) is 33.8 Å². The Balaban J connectivity index is 1.43. The normalized spacial score (nSPS) is 15.5. The van der Waals surface area contributed by atoms with Crippen LogP contribution in [0.15, 0.2) is 72.1 Å². The van der Waals surface area contributed by atoms with E-state index in [1.54, 1.807) is 6.07 Å². The molecule has 1 aliphatic heterocycles. The van der Waals surface area contributed by atoms with Gasteiger partial charge < -0.3 is 20.3 Å². The molecule has 172 valence electrons. The Labute approximate surface area is 198 Å². The number of amides is 2. The summed E-state index contributed by atoms with van der Waals surface area (Å²) in [6, 6.07) is 20.7. The highest BCUT2D eigenvalue weighted by Crippen LogP contribution is 2.20. The van der Waals surface area contributed by atoms with E-state index in [4.69, 9.17) is 4.74 Å². The molecule has 4 rings (SSSR count). The van der Waals surface area contributed by atoms with Gasteiger partial charge in [-0.1, -0.05) is 48.5 Å². The maximum absolute atomic E-state index is 13.2. The van der Waals surface area contributed by atoms with E-state index in [1.807, 2.05) is 60.8 Å². The van der Waals surface area contributed by atoms with Gasteiger partial charge in [0.1, 0.15) is 6.04 Å². The maximum atomic E-state index is 13.2. The number of nitrogens with one attached hydrogen (secondary N) is 2. The molecule has 2 atom stereocenters. The number of morpholine rings is 1. The van der Waals surface area contributed by atoms with Gasteiger partial charge in [-0.15, -0.1) is 11.3 Å². The summed E-state index contributed by atoms with van der Waals surface area (Å²) < 4.78 is 5.42. The van der Waals surface area contributed by atoms with Crippen molar-refractivity contribution in [2.45, 2.75) is 25.4 Å². The second kappa shape index (κ2) is 11.1. The van der Waals surface area contributed by atoms with E-state index in [0.29, 0.717) is 11.3 Å². The molecule has 1 fully saturated rings. The smallest absolute Gasteiger partial charge is 0.262 e. The number of hydrogen-bond donors (Lipinski definition) is 2. The van der Waals surface area contributed by atoms with Crippen molar-refractivity contribution in [3.63, 3.8) is 0 Å². The highest BCUT2D eigenvalue weighted by molar-refractivity contribution is 7.12. The summed E-state index contributed by atoms with van der Waals surface area (Å²) in [5.74, 6) is -0.433. The molecule has 1 saturated heterocycles. The van der Waals surface area contributed by atoms with Crippen LogP contribution >= 0.6 is 11.3 Å². The maximum Gasteiger partial charge on any atom is 0.262 e. The number of benzene rings is 2. The topological polar surface area (TPSA) is 70.7 Å². The summed E-state index contributed by atoms with van der Waals surface area (Å²) >= 11 is 1.36. The molecule has 1 aliphatic rings. The first-order valence-corrected chi connectivity index (χ1v) is 12.1. The van der Waals surface area contributed by atoms with Crippen LogP contribution in [0.5, 0.6) is 0 Å². The third kappa shape index (κ3) is 6.21. The summed E-state index contributed by atoms with van der Waals surface area (Å²) in [4.78, 5) is 28.8. The van der Waals surface area contributed by atoms with Gasteiger partial charge in [0, 0.05) is 25.2 Å². The number of rotatable bonds is 8. The average molecular weight is 464 g/mol. The fourth-order valence-corrected chi connectivity index (χ4v) is 4.52. The summed E-state index contributed by atoms with van der Waals surface area (Å²) in [7, 11) is 0. The van der Waals surface area contributed by atoms with E-state index < -0.39 is 6.04 Å². The van der Waals surface area contributed by atoms with Crippen LogP contribution in [-0.4, -0.2) is 44.2 Å². The summed E-state index contributed by atoms with van der Waals surface area (Å²) in [5, 5.41) is 7.85. The average Bonchev–Trinajstić information content (AvgIpc) is 3.40. The van der Waals surface area contributed by atoms with Crippen molar-refractivity contribution in [3.05, 3.63) is 88.1 Å². The number of carbonyl (C=O) groups excluding carboxylic acids is 2. The highest BCUT2D eigenvalue weighted by atomic mass is 32.1. The second-order valence-electron chi connectivity index (χ2n) is 8.11. The van der Waals surface area contributed by atoms with Gasteiger partial charge in [0.05, 0.1) is 24.1 Å². The number of hydrogen-bond acceptors (Lipinski definition) is 5. The van der Waals surface area contributed by atoms with Crippen molar-refractivity contribution in [1.82, 2.24) is 10.6 Å². The fraction of sp³-hybridized carbons (Fsp3) is 0.308. The van der Waals surface area contributed by atoms with Crippen molar-refractivity contribution >= 4 is 28.8 Å². The quantitative estimate of drug-likeness (QED) is 0.533. The van der Waals surface area contributed by atoms with Crippen molar-refractivity contribution < 1.29 is 14.3 Å². The molecular formula is C26H29N3O3S. The molecule has 0 radical (unpaired) electrons. The number of anilines is 1. The first-order valence-electron chi connectivity index (χ1n) is 11.2. The molecule has 1 aromatic heterocycles. The van der Waals surface area contributed by atoms with Crippen molar-refractivity contribution in [2.75, 3.05) is 31.2 Å². The number of carbonyl (C=O) groups is 2. The first-order chi connectivity index (χ1) is 16.1. The number of thiophene rings is 1. The third-order valence-electron chi connectivity index (χ3n) is 5.78. The molecule has 3 aromatic rings. The molecule has 33 heavy (non-hydrogen) atoms. The highest BCUT2D eigenvalue weighted by Gasteiger charge is 2.24. The Hall–Kier alpha value is -3.16. The molecule has 2 heterocycles. The Morgan fingerprint density at radius 2 is 1.70 bits per heavy atom. The zero-order valence-electron chi connectivity index (χ0n) is 18.7. The van der Waals surface area contributed by atoms with Gasteiger partial charge in [-0.05, 0) is 41.6 Å². The van der Waals surface area contributed by atoms with Crippen LogP contribution in [0.2, 0.25) is 0 Å². The molecule has 0 saturated carbocycles. The van der Waals surface area contributed by atoms with Crippen molar-refractivity contribution in [2.24, 2.45) is 0 Å². The lowest BCUT2D eigenvalue weighted by Crippen LogP contribution is -2.48. The number of nitrogens with zero attached hydrogens (tertiary/aromatic N) is 1. The lowest BCUT2D eigenvalue weighted by molar-refractivity contribution is -0.123. The second-order valence-corrected chi connectivity index (χ2v) is 9.06. The zero-order chi connectivity index (χ0) is 23.0. The van der Waals surface area contributed by atoms with E-state index >= 15 is 0 Å². The third-order valence-corrected chi connectivity index (χ3v) is 6.65. The van der Waals surface area contributed by atoms with Crippen LogP contribution in [0, 0.1) is 0 Å². The predicted molar refractivity (Wildman–Crippen MR) is 132 cm³/mol. The zero-order valence-corrected chi connectivity index (χ0v) is 19.5. The standard InChI is InChI=1S/C26H29N3O3S/c1-19(21-9-11-22(12-10-21)29-13-15-32-16-14-29)27-25(30)23(18-20-6-3-2-4-7-20)28-26(31)24-8-5-17-33-24/h2-12,17,19,23H,13-16,18H2,1H3,(H,27,30)(H,28,31)/t19-,23-/m0/s1. The van der Waals surface area contributed by atoms with Gasteiger partial charge in [0.15, 0.2) is 0 Å². The SMILES string of the molecule is C[C@H](NC(=O)[C@H](Cc1ccccc1)NC(=O)c1cccs1)c1ccc(N2CCOCC2)cc1. The molecule has 0 unspecified atom stereocenters. The minimum absolute atomic E-state index is 0.187. The molecule has 2 N–H and O–H groups in total. The minimum Gasteiger partial charge on any atom is -0.378 e. The van der Waals surface area contributed by atoms with Crippen LogP contribution in [0.25, 0.3) is 0 Å². The minimum atomic E-state index is -0.669. The fourth-order valence-electron chi connectivity index (χ4n) is 3.89. The molecule has 2 aromatic carbocycles. The lowest BCUT2D eigenvalue weighted by Gasteiger charge is -2.29. The van der Waals surface area contributed by atoms with Crippen molar-refractivity contribution in [3.8, 4) is 0 Å². The largest absolute Gasteiger partial charge is 0.378 e. The van der Waals surface area contributed by atoms with Gasteiger partial charge in [-0.3, -0.25) is 9.59 Å². The van der Waals surface area contributed by atoms with Crippen molar-refractivity contribution in [1.29, 1.82) is 0 Å². The van der Waals surface area contributed by atoms with E-state index in [9.17, 15) is 9.59 Å². The van der Waals surface area contributed by atoms with E-state index in [-0.39, 0.29) is 17.9 Å². The van der Waals surface area contributed by atoms with E-state index in [0.717, 1.165) is 43.1 Å². The first kappa shape index (κ1) is 23.0. The van der Waals surface area contributed by atoms with Gasteiger partial charge in [-0.2, -0.15) is 0 Å². The van der Waals surface area contributed by atoms with Crippen LogP contribution in [0.4, 0.5) is 5.69 Å². The molecular weight excluding hydrogens is 434 g/mol. The summed E-state index contributed by atoms with van der Waals surface area (Å²) in [6.07, 6.45) is 0.423. The van der Waals surface area contributed by atoms with Crippen LogP contribution in [-0.2, 0) is 16.0 Å². The van der Waals surface area contributed by atoms with Crippen LogP contribution < -0.4 is 15.5 Å². The summed E-state index contributed by atoms with van der Waals surface area (Å²) in [5.41, 5.74) is 3.17. The molecule has 2 amide bonds. The Morgan fingerprint density at radius 3 is 2.36 bits per heavy atom. The van der Waals surface area contributed by atoms with Crippen LogP contribution in [0.3, 0.4) is 0 Å². The molecule has 0 aliphatic carbocycles. The Bertz CT molecular complexity index is 1030. The molecule has 0 bridgehead atoms. The lowest BCUT2D eigenvalue weighted by atomic mass is 10.0. The van der Waals surface area contributed by atoms with E-state index in [2.05, 4.69) is 27.7 Å². The van der Waals surface area contributed by atoms with E-state index in [1.165, 1.54) is 11.3 Å². The molecule has 6 nitrogen and oxygen atoms in total. The Morgan fingerprint density at radius 1 is 0.970 bits per heavy atom. The molecule has 7 heteroatoms.